The van der Waals surface area contributed by atoms with Crippen LogP contribution < -0.4 is 10.5 Å². The molecular weight excluding hydrogens is 278 g/mol. The van der Waals surface area contributed by atoms with Crippen LogP contribution in [-0.2, 0) is 13.5 Å². The lowest BCUT2D eigenvalue weighted by atomic mass is 10.0. The highest BCUT2D eigenvalue weighted by atomic mass is 16.5. The number of nitriles is 1. The van der Waals surface area contributed by atoms with Crippen LogP contribution in [0.1, 0.15) is 16.7 Å². The summed E-state index contributed by atoms with van der Waals surface area (Å²) in [5.74, 6) is 0.994. The number of nitrogen functional groups attached to an aromatic ring is 1. The largest absolute Gasteiger partial charge is 0.494 e. The molecule has 0 aliphatic heterocycles. The topological polar surface area (TPSA) is 89.8 Å². The SMILES string of the molecule is COc1c(Cc2cccnc2)cc(C#N)c2c1nc(N)n2C. The summed E-state index contributed by atoms with van der Waals surface area (Å²) in [5, 5.41) is 9.44. The van der Waals surface area contributed by atoms with E-state index in [1.165, 1.54) is 0 Å². The number of rotatable bonds is 3. The van der Waals surface area contributed by atoms with Crippen LogP contribution in [0.3, 0.4) is 0 Å². The molecule has 3 aromatic rings. The molecule has 0 radical (unpaired) electrons. The molecule has 22 heavy (non-hydrogen) atoms. The Bertz CT molecular complexity index is 877. The maximum absolute atomic E-state index is 9.44. The van der Waals surface area contributed by atoms with Crippen molar-refractivity contribution in [1.82, 2.24) is 14.5 Å². The number of pyridine rings is 1. The van der Waals surface area contributed by atoms with E-state index in [-0.39, 0.29) is 0 Å². The number of nitrogens with zero attached hydrogens (tertiary/aromatic N) is 4. The van der Waals surface area contributed by atoms with E-state index in [1.54, 1.807) is 31.1 Å². The number of benzene rings is 1. The number of aromatic nitrogens is 3. The maximum Gasteiger partial charge on any atom is 0.201 e. The van der Waals surface area contributed by atoms with E-state index in [4.69, 9.17) is 10.5 Å². The summed E-state index contributed by atoms with van der Waals surface area (Å²) in [6.45, 7) is 0. The van der Waals surface area contributed by atoms with Crippen molar-refractivity contribution in [2.75, 3.05) is 12.8 Å². The molecule has 0 unspecified atom stereocenters. The molecule has 2 N–H and O–H groups in total. The molecule has 2 aromatic heterocycles. The van der Waals surface area contributed by atoms with E-state index in [1.807, 2.05) is 18.2 Å². The lowest BCUT2D eigenvalue weighted by molar-refractivity contribution is 0.415. The number of hydrogen-bond donors (Lipinski definition) is 1. The Balaban J connectivity index is 2.25. The standard InChI is InChI=1S/C16H15N5O/c1-21-14-12(8-17)7-11(6-10-4-3-5-19-9-10)15(22-2)13(14)20-16(21)18/h3-5,7,9H,6H2,1-2H3,(H2,18,20). The van der Waals surface area contributed by atoms with Gasteiger partial charge in [0.05, 0.1) is 18.2 Å². The van der Waals surface area contributed by atoms with Gasteiger partial charge in [0.2, 0.25) is 5.95 Å². The van der Waals surface area contributed by atoms with Crippen LogP contribution in [0.25, 0.3) is 11.0 Å². The fraction of sp³-hybridized carbons (Fsp3) is 0.188. The van der Waals surface area contributed by atoms with E-state index >= 15 is 0 Å². The van der Waals surface area contributed by atoms with Crippen LogP contribution in [0, 0.1) is 11.3 Å². The molecule has 0 saturated carbocycles. The molecule has 2 heterocycles. The Morgan fingerprint density at radius 1 is 1.45 bits per heavy atom. The van der Waals surface area contributed by atoms with Crippen LogP contribution in [0.4, 0.5) is 5.95 Å². The smallest absolute Gasteiger partial charge is 0.201 e. The number of nitrogens with two attached hydrogens (primary N) is 1. The second-order valence-corrected chi connectivity index (χ2v) is 4.99. The zero-order valence-corrected chi connectivity index (χ0v) is 12.4. The Morgan fingerprint density at radius 3 is 2.91 bits per heavy atom. The van der Waals surface area contributed by atoms with Gasteiger partial charge in [0.25, 0.3) is 0 Å². The summed E-state index contributed by atoms with van der Waals surface area (Å²) < 4.78 is 7.24. The highest BCUT2D eigenvalue weighted by Gasteiger charge is 2.19. The third-order valence-corrected chi connectivity index (χ3v) is 3.65. The summed E-state index contributed by atoms with van der Waals surface area (Å²) in [7, 11) is 3.38. The Labute approximate surface area is 127 Å². The number of hydrogen-bond acceptors (Lipinski definition) is 5. The van der Waals surface area contributed by atoms with Gasteiger partial charge in [-0.15, -0.1) is 0 Å². The van der Waals surface area contributed by atoms with Gasteiger partial charge in [0.15, 0.2) is 0 Å². The van der Waals surface area contributed by atoms with Crippen LogP contribution in [0.5, 0.6) is 5.75 Å². The zero-order chi connectivity index (χ0) is 15.7. The molecular formula is C16H15N5O. The predicted molar refractivity (Wildman–Crippen MR) is 83.4 cm³/mol. The normalized spacial score (nSPS) is 10.6. The van der Waals surface area contributed by atoms with Crippen molar-refractivity contribution in [1.29, 1.82) is 5.26 Å². The zero-order valence-electron chi connectivity index (χ0n) is 12.4. The van der Waals surface area contributed by atoms with Crippen molar-refractivity contribution < 1.29 is 4.74 Å². The highest BCUT2D eigenvalue weighted by Crippen LogP contribution is 2.34. The van der Waals surface area contributed by atoms with Crippen LogP contribution in [0.15, 0.2) is 30.6 Å². The molecule has 6 nitrogen and oxygen atoms in total. The number of ether oxygens (including phenoxy) is 1. The fourth-order valence-electron chi connectivity index (χ4n) is 2.61. The Hall–Kier alpha value is -3.07. The van der Waals surface area contributed by atoms with Crippen molar-refractivity contribution in [3.8, 4) is 11.8 Å². The number of fused-ring (bicyclic) bond motifs is 1. The number of aryl methyl sites for hydroxylation is 1. The van der Waals surface area contributed by atoms with Gasteiger partial charge in [0.1, 0.15) is 17.3 Å². The number of imidazole rings is 1. The van der Waals surface area contributed by atoms with E-state index in [0.717, 1.165) is 11.1 Å². The Morgan fingerprint density at radius 2 is 2.27 bits per heavy atom. The average Bonchev–Trinajstić information content (AvgIpc) is 2.83. The second-order valence-electron chi connectivity index (χ2n) is 4.99. The van der Waals surface area contributed by atoms with Crippen LogP contribution in [-0.4, -0.2) is 21.6 Å². The molecule has 1 aromatic carbocycles. The third kappa shape index (κ3) is 2.13. The molecule has 0 aliphatic carbocycles. The molecule has 0 spiro atoms. The van der Waals surface area contributed by atoms with Crippen molar-refractivity contribution >= 4 is 17.0 Å². The van der Waals surface area contributed by atoms with Gasteiger partial charge in [-0.25, -0.2) is 4.98 Å². The first-order valence-corrected chi connectivity index (χ1v) is 6.76. The predicted octanol–water partition coefficient (Wildman–Crippen LogP) is 2.02. The molecule has 0 fully saturated rings. The van der Waals surface area contributed by atoms with Gasteiger partial charge in [-0.05, 0) is 17.7 Å². The van der Waals surface area contributed by atoms with E-state index in [9.17, 15) is 5.26 Å². The molecule has 110 valence electrons. The summed E-state index contributed by atoms with van der Waals surface area (Å²) in [4.78, 5) is 8.46. The second kappa shape index (κ2) is 5.37. The minimum atomic E-state index is 0.350. The summed E-state index contributed by atoms with van der Waals surface area (Å²) in [6.07, 6.45) is 4.13. The molecule has 0 atom stereocenters. The lowest BCUT2D eigenvalue weighted by Crippen LogP contribution is -1.99. The van der Waals surface area contributed by atoms with Gasteiger partial charge < -0.3 is 15.0 Å². The molecule has 0 aliphatic rings. The molecule has 0 amide bonds. The van der Waals surface area contributed by atoms with Gasteiger partial charge in [-0.2, -0.15) is 5.26 Å². The first-order valence-electron chi connectivity index (χ1n) is 6.76. The molecule has 0 saturated heterocycles. The fourth-order valence-corrected chi connectivity index (χ4v) is 2.61. The van der Waals surface area contributed by atoms with Crippen molar-refractivity contribution in [2.45, 2.75) is 6.42 Å². The monoisotopic (exact) mass is 293 g/mol. The van der Waals surface area contributed by atoms with Crippen LogP contribution >= 0.6 is 0 Å². The third-order valence-electron chi connectivity index (χ3n) is 3.65. The first-order chi connectivity index (χ1) is 10.7. The lowest BCUT2D eigenvalue weighted by Gasteiger charge is -2.11. The minimum Gasteiger partial charge on any atom is -0.494 e. The first kappa shape index (κ1) is 13.9. The summed E-state index contributed by atoms with van der Waals surface area (Å²) in [5.41, 5.74) is 9.63. The quantitative estimate of drug-likeness (QED) is 0.798. The number of anilines is 1. The molecule has 6 heteroatoms. The molecule has 3 rings (SSSR count). The van der Waals surface area contributed by atoms with Crippen molar-refractivity contribution in [2.24, 2.45) is 7.05 Å². The van der Waals surface area contributed by atoms with E-state index < -0.39 is 0 Å². The van der Waals surface area contributed by atoms with Crippen molar-refractivity contribution in [3.05, 3.63) is 47.3 Å². The Kier molecular flexibility index (Phi) is 3.39. The van der Waals surface area contributed by atoms with E-state index in [0.29, 0.717) is 34.7 Å². The van der Waals surface area contributed by atoms with Gasteiger partial charge in [-0.3, -0.25) is 4.98 Å². The highest BCUT2D eigenvalue weighted by molar-refractivity contribution is 5.90. The van der Waals surface area contributed by atoms with Gasteiger partial charge in [-0.1, -0.05) is 6.07 Å². The summed E-state index contributed by atoms with van der Waals surface area (Å²) >= 11 is 0. The average molecular weight is 293 g/mol. The van der Waals surface area contributed by atoms with Crippen molar-refractivity contribution in [3.63, 3.8) is 0 Å². The molecule has 0 bridgehead atoms. The maximum atomic E-state index is 9.44. The summed E-state index contributed by atoms with van der Waals surface area (Å²) in [6, 6.07) is 7.90. The van der Waals surface area contributed by atoms with Gasteiger partial charge >= 0.3 is 0 Å². The van der Waals surface area contributed by atoms with Gasteiger partial charge in [0, 0.05) is 31.4 Å². The number of methoxy groups -OCH3 is 1. The minimum absolute atomic E-state index is 0.350. The van der Waals surface area contributed by atoms with E-state index in [2.05, 4.69) is 16.0 Å². The van der Waals surface area contributed by atoms with Crippen LogP contribution in [0.2, 0.25) is 0 Å².